The van der Waals surface area contributed by atoms with Crippen LogP contribution < -0.4 is 0 Å². The van der Waals surface area contributed by atoms with E-state index in [9.17, 15) is 9.90 Å². The Labute approximate surface area is 127 Å². The topological polar surface area (TPSA) is 40.5 Å². The lowest BCUT2D eigenvalue weighted by molar-refractivity contribution is -0.154. The number of thioether (sulfide) groups is 1. The van der Waals surface area contributed by atoms with Crippen LogP contribution in [0.15, 0.2) is 0 Å². The molecular weight excluding hydrogens is 270 g/mol. The molecule has 2 rings (SSSR count). The van der Waals surface area contributed by atoms with Gasteiger partial charge in [-0.2, -0.15) is 11.8 Å². The molecule has 0 aliphatic carbocycles. The number of carboxylic acids is 1. The van der Waals surface area contributed by atoms with E-state index in [1.54, 1.807) is 0 Å². The second-order valence-electron chi connectivity index (χ2n) is 7.45. The summed E-state index contributed by atoms with van der Waals surface area (Å²) in [6.45, 7) is 8.62. The fourth-order valence-electron chi connectivity index (χ4n) is 3.90. The van der Waals surface area contributed by atoms with E-state index < -0.39 is 11.4 Å². The highest BCUT2D eigenvalue weighted by Gasteiger charge is 2.44. The van der Waals surface area contributed by atoms with Crippen molar-refractivity contribution in [3.05, 3.63) is 0 Å². The third-order valence-corrected chi connectivity index (χ3v) is 6.50. The maximum atomic E-state index is 11.8. The number of hydrogen-bond donors (Lipinski definition) is 1. The van der Waals surface area contributed by atoms with Gasteiger partial charge < -0.3 is 5.11 Å². The van der Waals surface area contributed by atoms with Crippen molar-refractivity contribution in [1.29, 1.82) is 0 Å². The van der Waals surface area contributed by atoms with Crippen molar-refractivity contribution < 1.29 is 9.90 Å². The second-order valence-corrected chi connectivity index (χ2v) is 8.48. The Morgan fingerprint density at radius 3 is 2.80 bits per heavy atom. The van der Waals surface area contributed by atoms with Gasteiger partial charge in [-0.05, 0) is 43.4 Å². The molecule has 2 saturated heterocycles. The van der Waals surface area contributed by atoms with Crippen LogP contribution in [0.5, 0.6) is 0 Å². The Bertz CT molecular complexity index is 354. The van der Waals surface area contributed by atoms with Gasteiger partial charge in [0.25, 0.3) is 0 Å². The number of hydrogen-bond acceptors (Lipinski definition) is 3. The average Bonchev–Trinajstić information content (AvgIpc) is 2.38. The highest BCUT2D eigenvalue weighted by Crippen LogP contribution is 2.40. The summed E-state index contributed by atoms with van der Waals surface area (Å²) in [7, 11) is 0. The van der Waals surface area contributed by atoms with Gasteiger partial charge in [-0.25, -0.2) is 0 Å². The molecule has 20 heavy (non-hydrogen) atoms. The van der Waals surface area contributed by atoms with Gasteiger partial charge in [-0.1, -0.05) is 27.2 Å². The minimum atomic E-state index is -0.577. The van der Waals surface area contributed by atoms with E-state index in [-0.39, 0.29) is 0 Å². The number of aliphatic carboxylic acids is 1. The lowest BCUT2D eigenvalue weighted by Crippen LogP contribution is -2.53. The molecule has 116 valence electrons. The van der Waals surface area contributed by atoms with Gasteiger partial charge >= 0.3 is 5.97 Å². The molecule has 2 unspecified atom stereocenters. The molecule has 0 aromatic heterocycles. The third kappa shape index (κ3) is 3.51. The van der Waals surface area contributed by atoms with E-state index in [0.717, 1.165) is 38.8 Å². The van der Waals surface area contributed by atoms with E-state index in [1.807, 2.05) is 11.8 Å². The first-order chi connectivity index (χ1) is 9.38. The van der Waals surface area contributed by atoms with Crippen LogP contribution in [0.4, 0.5) is 0 Å². The lowest BCUT2D eigenvalue weighted by atomic mass is 9.75. The van der Waals surface area contributed by atoms with E-state index >= 15 is 0 Å². The number of carbonyl (C=O) groups is 1. The fraction of sp³-hybridized carbons (Fsp3) is 0.938. The summed E-state index contributed by atoms with van der Waals surface area (Å²) >= 11 is 2.04. The molecule has 0 aromatic rings. The largest absolute Gasteiger partial charge is 0.481 e. The third-order valence-electron chi connectivity index (χ3n) is 4.90. The molecule has 0 aromatic carbocycles. The minimum absolute atomic E-state index is 0.391. The van der Waals surface area contributed by atoms with Crippen LogP contribution in [-0.4, -0.2) is 46.6 Å². The van der Waals surface area contributed by atoms with Crippen LogP contribution in [0, 0.1) is 10.8 Å². The summed E-state index contributed by atoms with van der Waals surface area (Å²) in [5.41, 5.74) is -0.0963. The van der Waals surface area contributed by atoms with Crippen molar-refractivity contribution in [3.8, 4) is 0 Å². The molecule has 2 atom stereocenters. The van der Waals surface area contributed by atoms with Gasteiger partial charge in [-0.3, -0.25) is 9.69 Å². The maximum absolute atomic E-state index is 11.8. The van der Waals surface area contributed by atoms with Crippen LogP contribution in [0.2, 0.25) is 0 Å². The zero-order valence-corrected chi connectivity index (χ0v) is 14.0. The van der Waals surface area contributed by atoms with E-state index in [4.69, 9.17) is 0 Å². The molecule has 0 spiro atoms. The Hall–Kier alpha value is -0.220. The minimum Gasteiger partial charge on any atom is -0.481 e. The normalized spacial score (nSPS) is 34.9. The highest BCUT2D eigenvalue weighted by atomic mass is 32.2. The smallest absolute Gasteiger partial charge is 0.310 e. The summed E-state index contributed by atoms with van der Waals surface area (Å²) in [5.74, 6) is 1.83. The molecular formula is C16H29NO2S. The molecule has 0 amide bonds. The summed E-state index contributed by atoms with van der Waals surface area (Å²) in [4.78, 5) is 14.3. The van der Waals surface area contributed by atoms with E-state index in [2.05, 4.69) is 25.7 Å². The van der Waals surface area contributed by atoms with Crippen LogP contribution in [-0.2, 0) is 4.79 Å². The monoisotopic (exact) mass is 299 g/mol. The first-order valence-electron chi connectivity index (χ1n) is 7.94. The first kappa shape index (κ1) is 16.2. The predicted octanol–water partition coefficient (Wildman–Crippen LogP) is 3.49. The van der Waals surface area contributed by atoms with Crippen LogP contribution in [0.1, 0.15) is 52.9 Å². The summed E-state index contributed by atoms with van der Waals surface area (Å²) in [5, 5.41) is 9.71. The summed E-state index contributed by atoms with van der Waals surface area (Å²) in [6.07, 6.45) is 4.89. The molecule has 2 fully saturated rings. The number of rotatable bonds is 4. The standard InChI is InChI=1S/C16H29NO2S/c1-4-6-16(14(18)19)7-5-8-17(11-16)13-9-15(2,3)12-20-10-13/h13H,4-12H2,1-3H3,(H,18,19). The number of piperidine rings is 1. The SMILES string of the molecule is CCCC1(C(=O)O)CCCN(C2CSCC(C)(C)C2)C1. The molecule has 3 nitrogen and oxygen atoms in total. The van der Waals surface area contributed by atoms with Crippen molar-refractivity contribution in [1.82, 2.24) is 4.90 Å². The van der Waals surface area contributed by atoms with Gasteiger partial charge in [0.15, 0.2) is 0 Å². The average molecular weight is 299 g/mol. The van der Waals surface area contributed by atoms with Crippen molar-refractivity contribution in [2.45, 2.75) is 58.9 Å². The van der Waals surface area contributed by atoms with Crippen molar-refractivity contribution in [3.63, 3.8) is 0 Å². The molecule has 0 saturated carbocycles. The predicted molar refractivity (Wildman–Crippen MR) is 85.3 cm³/mol. The molecule has 4 heteroatoms. The van der Waals surface area contributed by atoms with E-state index in [1.165, 1.54) is 17.9 Å². The van der Waals surface area contributed by atoms with Crippen molar-refractivity contribution >= 4 is 17.7 Å². The second kappa shape index (κ2) is 6.27. The Kier molecular flexibility index (Phi) is 5.06. The van der Waals surface area contributed by atoms with Crippen molar-refractivity contribution in [2.24, 2.45) is 10.8 Å². The quantitative estimate of drug-likeness (QED) is 0.863. The number of carboxylic acid groups (broad SMARTS) is 1. The molecule has 0 bridgehead atoms. The van der Waals surface area contributed by atoms with Gasteiger partial charge in [-0.15, -0.1) is 0 Å². The Morgan fingerprint density at radius 2 is 2.20 bits per heavy atom. The Morgan fingerprint density at radius 1 is 1.45 bits per heavy atom. The van der Waals surface area contributed by atoms with Crippen LogP contribution >= 0.6 is 11.8 Å². The molecule has 2 aliphatic heterocycles. The first-order valence-corrected chi connectivity index (χ1v) is 9.09. The van der Waals surface area contributed by atoms with Gasteiger partial charge in [0.05, 0.1) is 5.41 Å². The van der Waals surface area contributed by atoms with Gasteiger partial charge in [0, 0.05) is 18.3 Å². The molecule has 0 radical (unpaired) electrons. The number of nitrogens with zero attached hydrogens (tertiary/aromatic N) is 1. The van der Waals surface area contributed by atoms with E-state index in [0.29, 0.717) is 11.5 Å². The zero-order valence-electron chi connectivity index (χ0n) is 13.2. The summed E-state index contributed by atoms with van der Waals surface area (Å²) in [6, 6.07) is 0.569. The highest BCUT2D eigenvalue weighted by molar-refractivity contribution is 7.99. The fourth-order valence-corrected chi connectivity index (χ4v) is 5.29. The van der Waals surface area contributed by atoms with Gasteiger partial charge in [0.2, 0.25) is 0 Å². The van der Waals surface area contributed by atoms with Crippen LogP contribution in [0.25, 0.3) is 0 Å². The molecule has 1 N–H and O–H groups in total. The maximum Gasteiger partial charge on any atom is 0.310 e. The van der Waals surface area contributed by atoms with Gasteiger partial charge in [0.1, 0.15) is 0 Å². The Balaban J connectivity index is 2.07. The molecule has 2 heterocycles. The lowest BCUT2D eigenvalue weighted by Gasteiger charge is -2.47. The zero-order chi connectivity index (χ0) is 14.8. The van der Waals surface area contributed by atoms with Crippen LogP contribution in [0.3, 0.4) is 0 Å². The van der Waals surface area contributed by atoms with Crippen molar-refractivity contribution in [2.75, 3.05) is 24.6 Å². The number of likely N-dealkylation sites (tertiary alicyclic amines) is 1. The molecule has 2 aliphatic rings. The summed E-state index contributed by atoms with van der Waals surface area (Å²) < 4.78 is 0.